The first-order valence-corrected chi connectivity index (χ1v) is 15.5. The van der Waals surface area contributed by atoms with Crippen molar-refractivity contribution in [1.82, 2.24) is 4.90 Å². The summed E-state index contributed by atoms with van der Waals surface area (Å²) < 4.78 is 5.41. The number of rotatable bonds is 9. The van der Waals surface area contributed by atoms with Crippen LogP contribution in [-0.2, 0) is 19.1 Å². The molecule has 2 aromatic rings. The first-order valence-electron chi connectivity index (χ1n) is 12.3. The van der Waals surface area contributed by atoms with E-state index in [4.69, 9.17) is 4.74 Å². The average Bonchev–Trinajstić information content (AvgIpc) is 3.53. The minimum absolute atomic E-state index is 0.0680. The van der Waals surface area contributed by atoms with Crippen molar-refractivity contribution in [3.05, 3.63) is 60.2 Å². The van der Waals surface area contributed by atoms with E-state index >= 15 is 0 Å². The Hall–Kier alpha value is -1.97. The molecule has 6 nitrogen and oxygen atoms in total. The number of nitrogens with zero attached hydrogens (tertiary/aromatic N) is 1. The van der Waals surface area contributed by atoms with E-state index in [9.17, 15) is 19.2 Å². The maximum atomic E-state index is 13.4. The van der Waals surface area contributed by atoms with Crippen LogP contribution in [0.25, 0.3) is 11.1 Å². The minimum atomic E-state index is -1.02. The van der Waals surface area contributed by atoms with Gasteiger partial charge in [0.15, 0.2) is 12.4 Å². The summed E-state index contributed by atoms with van der Waals surface area (Å²) in [6.07, 6.45) is 3.02. The molecule has 37 heavy (non-hydrogen) atoms. The lowest BCUT2D eigenvalue weighted by molar-refractivity contribution is -0.158. The molecule has 2 amide bonds. The Kier molecular flexibility index (Phi) is 7.93. The molecule has 0 N–H and O–H groups in total. The van der Waals surface area contributed by atoms with Crippen LogP contribution in [0.5, 0.6) is 0 Å². The first-order chi connectivity index (χ1) is 17.8. The Labute approximate surface area is 237 Å². The smallest absolute Gasteiger partial charge is 0.329 e. The maximum Gasteiger partial charge on any atom is 0.329 e. The van der Waals surface area contributed by atoms with Gasteiger partial charge in [0.25, 0.3) is 0 Å². The monoisotopic (exact) mass is 647 g/mol. The van der Waals surface area contributed by atoms with E-state index in [2.05, 4.69) is 31.9 Å². The third kappa shape index (κ3) is 4.83. The Balaban J connectivity index is 1.27. The molecule has 2 aromatic carbocycles. The predicted octanol–water partition coefficient (Wildman–Crippen LogP) is 4.98. The first kappa shape index (κ1) is 26.6. The van der Waals surface area contributed by atoms with Crippen molar-refractivity contribution in [1.29, 1.82) is 0 Å². The largest absolute Gasteiger partial charge is 0.456 e. The number of alkyl halides is 2. The number of ether oxygens (including phenoxy) is 1. The van der Waals surface area contributed by atoms with Gasteiger partial charge in [0.05, 0.1) is 11.8 Å². The van der Waals surface area contributed by atoms with Gasteiger partial charge in [-0.2, -0.15) is 11.8 Å². The highest BCUT2D eigenvalue weighted by Gasteiger charge is 2.67. The van der Waals surface area contributed by atoms with E-state index in [0.29, 0.717) is 17.7 Å². The van der Waals surface area contributed by atoms with Crippen molar-refractivity contribution in [3.8, 4) is 11.1 Å². The molecule has 1 saturated heterocycles. The molecule has 194 valence electrons. The second kappa shape index (κ2) is 11.0. The molecule has 3 fully saturated rings. The molecule has 0 radical (unpaired) electrons. The molecule has 7 atom stereocenters. The number of halogens is 2. The lowest BCUT2D eigenvalue weighted by atomic mass is 9.81. The summed E-state index contributed by atoms with van der Waals surface area (Å²) in [4.78, 5) is 54.2. The minimum Gasteiger partial charge on any atom is -0.456 e. The number of amides is 2. The second-order valence-corrected chi connectivity index (χ2v) is 12.9. The number of hydrogen-bond donors (Lipinski definition) is 0. The van der Waals surface area contributed by atoms with Gasteiger partial charge in [-0.05, 0) is 47.8 Å². The van der Waals surface area contributed by atoms with Crippen LogP contribution < -0.4 is 0 Å². The van der Waals surface area contributed by atoms with Gasteiger partial charge in [-0.1, -0.05) is 86.5 Å². The van der Waals surface area contributed by atoms with Gasteiger partial charge in [-0.3, -0.25) is 19.3 Å². The van der Waals surface area contributed by atoms with Crippen LogP contribution in [-0.4, -0.2) is 62.8 Å². The van der Waals surface area contributed by atoms with E-state index in [-0.39, 0.29) is 39.1 Å². The van der Waals surface area contributed by atoms with Gasteiger partial charge in [0.2, 0.25) is 11.8 Å². The molecular formula is C28H27Br2NO5S. The lowest BCUT2D eigenvalue weighted by Gasteiger charge is -2.28. The predicted molar refractivity (Wildman–Crippen MR) is 150 cm³/mol. The number of imide groups is 1. The van der Waals surface area contributed by atoms with Crippen LogP contribution in [0.1, 0.15) is 23.2 Å². The number of carbonyl (C=O) groups excluding carboxylic acids is 4. The van der Waals surface area contributed by atoms with Crippen LogP contribution in [0.3, 0.4) is 0 Å². The van der Waals surface area contributed by atoms with Crippen molar-refractivity contribution < 1.29 is 23.9 Å². The molecule has 1 heterocycles. The number of fused-ring (bicyclic) bond motifs is 5. The highest BCUT2D eigenvalue weighted by atomic mass is 79.9. The quantitative estimate of drug-likeness (QED) is 0.165. The van der Waals surface area contributed by atoms with Gasteiger partial charge in [-0.15, -0.1) is 0 Å². The van der Waals surface area contributed by atoms with E-state index in [1.54, 1.807) is 12.1 Å². The number of Topliss-reactive ketones (excluding diaryl/α,β-unsaturated/α-hetero) is 1. The van der Waals surface area contributed by atoms with Crippen molar-refractivity contribution in [2.45, 2.75) is 28.5 Å². The summed E-state index contributed by atoms with van der Waals surface area (Å²) in [5.41, 5.74) is 2.45. The number of hydrogen-bond acceptors (Lipinski definition) is 6. The number of thioether (sulfide) groups is 1. The average molecular weight is 649 g/mol. The van der Waals surface area contributed by atoms with Gasteiger partial charge in [0, 0.05) is 15.2 Å². The topological polar surface area (TPSA) is 80.8 Å². The standard InChI is InChI=1S/C28H27Br2NO5S/c1-37-12-11-20(31-26(33)22-18-13-19(23(22)27(31)34)25(30)24(18)29)28(35)36-14-21(32)17-9-7-16(8-10-17)15-5-3-2-4-6-15/h2-10,18-20,22-25H,11-14H2,1H3/t18-,19-,20-,22-,23-,24+,25+/m1/s1. The summed E-state index contributed by atoms with van der Waals surface area (Å²) in [6, 6.07) is 15.9. The SMILES string of the molecule is CSCC[C@H](C(=O)OCC(=O)c1ccc(-c2ccccc2)cc1)N1C(=O)[C@@H]2[C@H]3C[C@@H]([C@H](Br)[C@H]3Br)[C@H]2C1=O. The Morgan fingerprint density at radius 1 is 0.946 bits per heavy atom. The third-order valence-corrected chi connectivity index (χ3v) is 11.7. The Morgan fingerprint density at radius 3 is 2.08 bits per heavy atom. The molecule has 0 unspecified atom stereocenters. The van der Waals surface area contributed by atoms with Gasteiger partial charge in [0.1, 0.15) is 6.04 Å². The highest BCUT2D eigenvalue weighted by molar-refractivity contribution is 9.12. The van der Waals surface area contributed by atoms with Crippen LogP contribution >= 0.6 is 43.6 Å². The molecular weight excluding hydrogens is 622 g/mol. The van der Waals surface area contributed by atoms with Crippen LogP contribution in [0, 0.1) is 23.7 Å². The molecule has 9 heteroatoms. The molecule has 2 saturated carbocycles. The van der Waals surface area contributed by atoms with Crippen molar-refractivity contribution in [3.63, 3.8) is 0 Å². The van der Waals surface area contributed by atoms with Crippen molar-refractivity contribution in [2.24, 2.45) is 23.7 Å². The summed E-state index contributed by atoms with van der Waals surface area (Å²) >= 11 is 8.91. The van der Waals surface area contributed by atoms with Gasteiger partial charge < -0.3 is 4.74 Å². The van der Waals surface area contributed by atoms with E-state index in [0.717, 1.165) is 22.4 Å². The molecule has 0 spiro atoms. The lowest BCUT2D eigenvalue weighted by Crippen LogP contribution is -2.47. The van der Waals surface area contributed by atoms with E-state index < -0.39 is 30.5 Å². The number of benzene rings is 2. The van der Waals surface area contributed by atoms with Crippen LogP contribution in [0.2, 0.25) is 0 Å². The number of likely N-dealkylation sites (tertiary alicyclic amines) is 1. The third-order valence-electron chi connectivity index (χ3n) is 7.86. The summed E-state index contributed by atoms with van der Waals surface area (Å²) in [5, 5.41) is 0. The zero-order valence-electron chi connectivity index (χ0n) is 20.2. The van der Waals surface area contributed by atoms with Crippen LogP contribution in [0.15, 0.2) is 54.6 Å². The Morgan fingerprint density at radius 2 is 1.51 bits per heavy atom. The number of carbonyl (C=O) groups is 4. The zero-order chi connectivity index (χ0) is 26.3. The summed E-state index contributed by atoms with van der Waals surface area (Å²) in [6.45, 7) is -0.444. The van der Waals surface area contributed by atoms with Crippen LogP contribution in [0.4, 0.5) is 0 Å². The Bertz CT molecular complexity index is 1170. The van der Waals surface area contributed by atoms with Gasteiger partial charge >= 0.3 is 5.97 Å². The molecule has 1 aliphatic heterocycles. The molecule has 3 aliphatic rings. The number of ketones is 1. The normalized spacial score (nSPS) is 28.9. The van der Waals surface area contributed by atoms with E-state index in [1.807, 2.05) is 48.7 Å². The second-order valence-electron chi connectivity index (χ2n) is 9.82. The van der Waals surface area contributed by atoms with Crippen molar-refractivity contribution in [2.75, 3.05) is 18.6 Å². The molecule has 2 aliphatic carbocycles. The van der Waals surface area contributed by atoms with E-state index in [1.165, 1.54) is 11.8 Å². The van der Waals surface area contributed by atoms with Gasteiger partial charge in [-0.25, -0.2) is 4.79 Å². The molecule has 2 bridgehead atoms. The zero-order valence-corrected chi connectivity index (χ0v) is 24.2. The fourth-order valence-electron chi connectivity index (χ4n) is 6.06. The maximum absolute atomic E-state index is 13.4. The van der Waals surface area contributed by atoms with Crippen molar-refractivity contribution >= 4 is 67.2 Å². The summed E-state index contributed by atoms with van der Waals surface area (Å²) in [5.74, 6) is -1.69. The fourth-order valence-corrected chi connectivity index (χ4v) is 8.39. The summed E-state index contributed by atoms with van der Waals surface area (Å²) in [7, 11) is 0. The molecule has 5 rings (SSSR count). The highest BCUT2D eigenvalue weighted by Crippen LogP contribution is 2.60. The number of esters is 1. The fraction of sp³-hybridized carbons (Fsp3) is 0.429. The molecule has 0 aromatic heterocycles.